The number of carbonyl (C=O) groups is 1. The SMILES string of the molecule is CCCCN(C)c1ccc(C(=O)N(C)C(C)CCO)cc1. The molecule has 1 N–H and O–H groups in total. The highest BCUT2D eigenvalue weighted by Crippen LogP contribution is 2.16. The van der Waals surface area contributed by atoms with Crippen LogP contribution in [0.5, 0.6) is 0 Å². The first-order valence-electron chi connectivity index (χ1n) is 7.70. The van der Waals surface area contributed by atoms with Crippen molar-refractivity contribution < 1.29 is 9.90 Å². The van der Waals surface area contributed by atoms with Crippen molar-refractivity contribution >= 4 is 11.6 Å². The Balaban J connectivity index is 2.70. The van der Waals surface area contributed by atoms with Crippen LogP contribution in [0, 0.1) is 0 Å². The summed E-state index contributed by atoms with van der Waals surface area (Å²) in [6.07, 6.45) is 2.94. The lowest BCUT2D eigenvalue weighted by molar-refractivity contribution is 0.0722. The second-order valence-electron chi connectivity index (χ2n) is 5.60. The maximum absolute atomic E-state index is 12.3. The monoisotopic (exact) mass is 292 g/mol. The Morgan fingerprint density at radius 1 is 1.24 bits per heavy atom. The Morgan fingerprint density at radius 3 is 2.38 bits per heavy atom. The van der Waals surface area contributed by atoms with Crippen LogP contribution >= 0.6 is 0 Å². The summed E-state index contributed by atoms with van der Waals surface area (Å²) >= 11 is 0. The maximum Gasteiger partial charge on any atom is 0.253 e. The van der Waals surface area contributed by atoms with Gasteiger partial charge in [-0.25, -0.2) is 0 Å². The molecule has 0 radical (unpaired) electrons. The molecule has 0 aliphatic carbocycles. The molecule has 1 rings (SSSR count). The van der Waals surface area contributed by atoms with Crippen LogP contribution in [-0.4, -0.2) is 49.2 Å². The molecule has 1 amide bonds. The lowest BCUT2D eigenvalue weighted by atomic mass is 10.1. The highest BCUT2D eigenvalue weighted by atomic mass is 16.3. The average molecular weight is 292 g/mol. The van der Waals surface area contributed by atoms with E-state index in [0.29, 0.717) is 12.0 Å². The topological polar surface area (TPSA) is 43.8 Å². The van der Waals surface area contributed by atoms with Crippen LogP contribution < -0.4 is 4.90 Å². The number of rotatable bonds is 8. The molecule has 0 aromatic heterocycles. The number of hydrogen-bond donors (Lipinski definition) is 1. The minimum absolute atomic E-state index is 0.00119. The van der Waals surface area contributed by atoms with Crippen molar-refractivity contribution in [2.75, 3.05) is 32.1 Å². The third kappa shape index (κ3) is 5.05. The van der Waals surface area contributed by atoms with Gasteiger partial charge >= 0.3 is 0 Å². The molecule has 0 heterocycles. The van der Waals surface area contributed by atoms with E-state index in [1.165, 1.54) is 12.8 Å². The number of benzene rings is 1. The first kappa shape index (κ1) is 17.5. The Kier molecular flexibility index (Phi) is 7.23. The molecule has 1 aromatic carbocycles. The van der Waals surface area contributed by atoms with Gasteiger partial charge in [-0.2, -0.15) is 0 Å². The molecule has 0 aliphatic heterocycles. The smallest absolute Gasteiger partial charge is 0.253 e. The maximum atomic E-state index is 12.3. The van der Waals surface area contributed by atoms with E-state index in [9.17, 15) is 4.79 Å². The minimum atomic E-state index is -0.00119. The summed E-state index contributed by atoms with van der Waals surface area (Å²) in [4.78, 5) is 16.2. The molecule has 4 heteroatoms. The van der Waals surface area contributed by atoms with Crippen LogP contribution in [0.15, 0.2) is 24.3 Å². The molecule has 118 valence electrons. The van der Waals surface area contributed by atoms with Crippen molar-refractivity contribution in [3.8, 4) is 0 Å². The van der Waals surface area contributed by atoms with Gasteiger partial charge in [-0.15, -0.1) is 0 Å². The zero-order valence-electron chi connectivity index (χ0n) is 13.7. The Morgan fingerprint density at radius 2 is 1.86 bits per heavy atom. The fraction of sp³-hybridized carbons (Fsp3) is 0.588. The van der Waals surface area contributed by atoms with Crippen LogP contribution in [0.1, 0.15) is 43.5 Å². The van der Waals surface area contributed by atoms with Crippen molar-refractivity contribution in [2.45, 2.75) is 39.2 Å². The zero-order valence-corrected chi connectivity index (χ0v) is 13.7. The van der Waals surface area contributed by atoms with Crippen LogP contribution in [0.3, 0.4) is 0 Å². The summed E-state index contributed by atoms with van der Waals surface area (Å²) in [7, 11) is 3.85. The molecular formula is C17H28N2O2. The minimum Gasteiger partial charge on any atom is -0.396 e. The standard InChI is InChI=1S/C17H28N2O2/c1-5-6-12-18(3)16-9-7-15(8-10-16)17(21)19(4)14(2)11-13-20/h7-10,14,20H,5-6,11-13H2,1-4H3. The summed E-state index contributed by atoms with van der Waals surface area (Å²) in [5.41, 5.74) is 1.82. The largest absolute Gasteiger partial charge is 0.396 e. The lowest BCUT2D eigenvalue weighted by Crippen LogP contribution is -2.35. The second kappa shape index (κ2) is 8.67. The van der Waals surface area contributed by atoms with E-state index in [-0.39, 0.29) is 18.6 Å². The highest BCUT2D eigenvalue weighted by molar-refractivity contribution is 5.94. The molecule has 1 aromatic rings. The van der Waals surface area contributed by atoms with Gasteiger partial charge in [0.2, 0.25) is 0 Å². The van der Waals surface area contributed by atoms with Crippen molar-refractivity contribution in [1.82, 2.24) is 4.90 Å². The molecule has 21 heavy (non-hydrogen) atoms. The number of amides is 1. The summed E-state index contributed by atoms with van der Waals surface area (Å²) in [5, 5.41) is 8.96. The van der Waals surface area contributed by atoms with Gasteiger partial charge < -0.3 is 14.9 Å². The van der Waals surface area contributed by atoms with E-state index < -0.39 is 0 Å². The van der Waals surface area contributed by atoms with Crippen molar-refractivity contribution in [2.24, 2.45) is 0 Å². The molecule has 0 aliphatic rings. The summed E-state index contributed by atoms with van der Waals surface area (Å²) in [6, 6.07) is 7.78. The van der Waals surface area contributed by atoms with Crippen molar-refractivity contribution in [1.29, 1.82) is 0 Å². The van der Waals surface area contributed by atoms with Crippen LogP contribution in [-0.2, 0) is 0 Å². The van der Waals surface area contributed by atoms with Gasteiger partial charge in [-0.3, -0.25) is 4.79 Å². The number of aliphatic hydroxyl groups is 1. The third-order valence-corrected chi connectivity index (χ3v) is 3.93. The van der Waals surface area contributed by atoms with E-state index in [1.807, 2.05) is 31.2 Å². The summed E-state index contributed by atoms with van der Waals surface area (Å²) < 4.78 is 0. The van der Waals surface area contributed by atoms with Gasteiger partial charge in [0, 0.05) is 44.5 Å². The van der Waals surface area contributed by atoms with Crippen LogP contribution in [0.25, 0.3) is 0 Å². The van der Waals surface area contributed by atoms with E-state index in [1.54, 1.807) is 11.9 Å². The van der Waals surface area contributed by atoms with Crippen molar-refractivity contribution in [3.63, 3.8) is 0 Å². The normalized spacial score (nSPS) is 12.0. The number of hydrogen-bond acceptors (Lipinski definition) is 3. The van der Waals surface area contributed by atoms with Crippen LogP contribution in [0.2, 0.25) is 0 Å². The number of carbonyl (C=O) groups excluding carboxylic acids is 1. The molecule has 0 saturated carbocycles. The molecular weight excluding hydrogens is 264 g/mol. The molecule has 0 spiro atoms. The molecule has 1 atom stereocenters. The molecule has 0 bridgehead atoms. The molecule has 4 nitrogen and oxygen atoms in total. The second-order valence-corrected chi connectivity index (χ2v) is 5.60. The van der Waals surface area contributed by atoms with E-state index in [2.05, 4.69) is 18.9 Å². The third-order valence-electron chi connectivity index (χ3n) is 3.93. The summed E-state index contributed by atoms with van der Waals surface area (Å²) in [5.74, 6) is -0.00119. The molecule has 1 unspecified atom stereocenters. The lowest BCUT2D eigenvalue weighted by Gasteiger charge is -2.25. The van der Waals surface area contributed by atoms with E-state index in [4.69, 9.17) is 5.11 Å². The number of aliphatic hydroxyl groups excluding tert-OH is 1. The van der Waals surface area contributed by atoms with E-state index in [0.717, 1.165) is 12.2 Å². The van der Waals surface area contributed by atoms with Gasteiger partial charge in [-0.1, -0.05) is 13.3 Å². The fourth-order valence-corrected chi connectivity index (χ4v) is 2.17. The van der Waals surface area contributed by atoms with Gasteiger partial charge in [0.15, 0.2) is 0 Å². The quantitative estimate of drug-likeness (QED) is 0.801. The Bertz CT molecular complexity index is 431. The average Bonchev–Trinajstić information content (AvgIpc) is 2.51. The van der Waals surface area contributed by atoms with Crippen molar-refractivity contribution in [3.05, 3.63) is 29.8 Å². The fourth-order valence-electron chi connectivity index (χ4n) is 2.17. The number of anilines is 1. The number of nitrogens with zero attached hydrogens (tertiary/aromatic N) is 2. The zero-order chi connectivity index (χ0) is 15.8. The van der Waals surface area contributed by atoms with E-state index >= 15 is 0 Å². The molecule has 0 saturated heterocycles. The highest BCUT2D eigenvalue weighted by Gasteiger charge is 2.17. The van der Waals surface area contributed by atoms with Gasteiger partial charge in [0.05, 0.1) is 0 Å². The van der Waals surface area contributed by atoms with Gasteiger partial charge in [0.1, 0.15) is 0 Å². The first-order valence-corrected chi connectivity index (χ1v) is 7.70. The number of unbranched alkanes of at least 4 members (excludes halogenated alkanes) is 1. The van der Waals surface area contributed by atoms with Gasteiger partial charge in [-0.05, 0) is 44.0 Å². The first-order chi connectivity index (χ1) is 10.0. The predicted molar refractivity (Wildman–Crippen MR) is 87.9 cm³/mol. The Labute approximate surface area is 128 Å². The van der Waals surface area contributed by atoms with Crippen LogP contribution in [0.4, 0.5) is 5.69 Å². The Hall–Kier alpha value is -1.55. The van der Waals surface area contributed by atoms with Gasteiger partial charge in [0.25, 0.3) is 5.91 Å². The predicted octanol–water partition coefficient (Wildman–Crippen LogP) is 2.77. The molecule has 0 fully saturated rings. The summed E-state index contributed by atoms with van der Waals surface area (Å²) in [6.45, 7) is 5.25.